The van der Waals surface area contributed by atoms with Gasteiger partial charge < -0.3 is 9.32 Å². The molecule has 0 aliphatic heterocycles. The summed E-state index contributed by atoms with van der Waals surface area (Å²) in [6.07, 6.45) is 0.508. The number of benzene rings is 2. The van der Waals surface area contributed by atoms with Gasteiger partial charge in [-0.05, 0) is 30.7 Å². The predicted molar refractivity (Wildman–Crippen MR) is 107 cm³/mol. The molecule has 29 heavy (non-hydrogen) atoms. The zero-order valence-corrected chi connectivity index (χ0v) is 17.0. The summed E-state index contributed by atoms with van der Waals surface area (Å²) in [6.45, 7) is 0.344. The minimum absolute atomic E-state index is 0.123. The van der Waals surface area contributed by atoms with E-state index in [0.717, 1.165) is 4.47 Å². The van der Waals surface area contributed by atoms with Crippen LogP contribution in [0.4, 0.5) is 10.1 Å². The summed E-state index contributed by atoms with van der Waals surface area (Å²) in [5.74, 6) is -1.23. The first-order valence-electron chi connectivity index (χ1n) is 8.72. The van der Waals surface area contributed by atoms with Gasteiger partial charge in [-0.25, -0.2) is 9.18 Å². The largest absolute Gasteiger partial charge is 0.419 e. The fraction of sp³-hybridized carbons (Fsp3) is 0.263. The normalized spacial score (nSPS) is 11.0. The van der Waals surface area contributed by atoms with Crippen molar-refractivity contribution < 1.29 is 18.5 Å². The monoisotopic (exact) mass is 465 g/mol. The number of hydrogen-bond acceptors (Lipinski definition) is 5. The van der Waals surface area contributed by atoms with Crippen LogP contribution in [0.5, 0.6) is 0 Å². The number of amides is 1. The maximum absolute atomic E-state index is 13.9. The van der Waals surface area contributed by atoms with Crippen molar-refractivity contribution in [3.05, 3.63) is 72.9 Å². The Hall–Kier alpha value is -3.01. The second-order valence-corrected chi connectivity index (χ2v) is 7.43. The molecule has 0 unspecified atom stereocenters. The zero-order valence-electron chi connectivity index (χ0n) is 15.4. The topological polar surface area (TPSA) is 98.6 Å². The quantitative estimate of drug-likeness (QED) is 0.389. The van der Waals surface area contributed by atoms with Crippen LogP contribution in [-0.4, -0.2) is 27.3 Å². The summed E-state index contributed by atoms with van der Waals surface area (Å²) < 4.78 is 21.0. The highest BCUT2D eigenvalue weighted by Crippen LogP contribution is 2.21. The Morgan fingerprint density at radius 1 is 1.31 bits per heavy atom. The number of rotatable bonds is 7. The summed E-state index contributed by atoms with van der Waals surface area (Å²) >= 11 is 3.28. The van der Waals surface area contributed by atoms with Crippen molar-refractivity contribution in [3.63, 3.8) is 0 Å². The molecule has 0 aliphatic rings. The van der Waals surface area contributed by atoms with Crippen molar-refractivity contribution in [3.8, 4) is 0 Å². The number of carbonyl (C=O) groups is 1. The van der Waals surface area contributed by atoms with Gasteiger partial charge in [-0.1, -0.05) is 15.9 Å². The van der Waals surface area contributed by atoms with Crippen LogP contribution in [0.15, 0.2) is 50.1 Å². The van der Waals surface area contributed by atoms with Gasteiger partial charge in [0, 0.05) is 42.7 Å². The molecule has 0 saturated carbocycles. The van der Waals surface area contributed by atoms with E-state index >= 15 is 0 Å². The molecule has 8 nitrogen and oxygen atoms in total. The van der Waals surface area contributed by atoms with Crippen molar-refractivity contribution in [2.24, 2.45) is 0 Å². The maximum atomic E-state index is 13.9. The number of oxazole rings is 1. The molecular weight excluding hydrogens is 449 g/mol. The maximum Gasteiger partial charge on any atom is 0.419 e. The van der Waals surface area contributed by atoms with E-state index in [-0.39, 0.29) is 36.7 Å². The lowest BCUT2D eigenvalue weighted by molar-refractivity contribution is -0.384. The van der Waals surface area contributed by atoms with Gasteiger partial charge in [-0.3, -0.25) is 19.5 Å². The minimum Gasteiger partial charge on any atom is -0.407 e. The van der Waals surface area contributed by atoms with Gasteiger partial charge in [0.2, 0.25) is 5.91 Å². The lowest BCUT2D eigenvalue weighted by Crippen LogP contribution is -2.27. The number of fused-ring (bicyclic) bond motifs is 1. The summed E-state index contributed by atoms with van der Waals surface area (Å²) in [5, 5.41) is 10.8. The second kappa shape index (κ2) is 8.56. The number of nitro benzene ring substituents is 1. The van der Waals surface area contributed by atoms with Crippen LogP contribution < -0.4 is 5.76 Å². The van der Waals surface area contributed by atoms with Crippen LogP contribution in [0.3, 0.4) is 0 Å². The molecule has 0 radical (unpaired) electrons. The summed E-state index contributed by atoms with van der Waals surface area (Å²) in [5.41, 5.74) is 0.777. The standard InChI is InChI=1S/C19H17BrFN3O5/c1-22(11-12-9-13(20)4-6-15(12)21)18(25)3-2-8-23-16-7-5-14(24(27)28)10-17(16)29-19(23)26/h4-7,9-10H,2-3,8,11H2,1H3. The van der Waals surface area contributed by atoms with E-state index < -0.39 is 16.5 Å². The van der Waals surface area contributed by atoms with Gasteiger partial charge in [0.1, 0.15) is 5.82 Å². The molecule has 152 valence electrons. The highest BCUT2D eigenvalue weighted by atomic mass is 79.9. The highest BCUT2D eigenvalue weighted by Gasteiger charge is 2.16. The van der Waals surface area contributed by atoms with E-state index in [0.29, 0.717) is 17.5 Å². The third-order valence-electron chi connectivity index (χ3n) is 4.48. The third-order valence-corrected chi connectivity index (χ3v) is 4.97. The van der Waals surface area contributed by atoms with Crippen LogP contribution in [-0.2, 0) is 17.9 Å². The third kappa shape index (κ3) is 4.70. The van der Waals surface area contributed by atoms with E-state index in [1.165, 1.54) is 33.7 Å². The number of nitrogens with zero attached hydrogens (tertiary/aromatic N) is 3. The van der Waals surface area contributed by atoms with Crippen LogP contribution in [0.1, 0.15) is 18.4 Å². The lowest BCUT2D eigenvalue weighted by Gasteiger charge is -2.18. The van der Waals surface area contributed by atoms with Gasteiger partial charge in [0.05, 0.1) is 16.5 Å². The molecule has 0 N–H and O–H groups in total. The SMILES string of the molecule is CN(Cc1cc(Br)ccc1F)C(=O)CCCn1c(=O)oc2cc([N+](=O)[O-])ccc21. The number of halogens is 2. The first kappa shape index (κ1) is 20.7. The number of non-ortho nitro benzene ring substituents is 1. The van der Waals surface area contributed by atoms with E-state index in [4.69, 9.17) is 4.42 Å². The smallest absolute Gasteiger partial charge is 0.407 e. The molecule has 3 rings (SSSR count). The molecule has 0 spiro atoms. The number of carbonyl (C=O) groups excluding carboxylic acids is 1. The molecule has 1 aromatic heterocycles. The number of aryl methyl sites for hydroxylation is 1. The van der Waals surface area contributed by atoms with Gasteiger partial charge in [0.25, 0.3) is 5.69 Å². The molecule has 3 aromatic rings. The van der Waals surface area contributed by atoms with Crippen molar-refractivity contribution in [2.45, 2.75) is 25.9 Å². The molecular formula is C19H17BrFN3O5. The number of hydrogen-bond donors (Lipinski definition) is 0. The molecule has 10 heteroatoms. The highest BCUT2D eigenvalue weighted by molar-refractivity contribution is 9.10. The van der Waals surface area contributed by atoms with Crippen molar-refractivity contribution in [2.75, 3.05) is 7.05 Å². The Morgan fingerprint density at radius 3 is 2.79 bits per heavy atom. The van der Waals surface area contributed by atoms with E-state index in [1.807, 2.05) is 0 Å². The number of nitro groups is 1. The van der Waals surface area contributed by atoms with Crippen LogP contribution >= 0.6 is 15.9 Å². The Bertz CT molecular complexity index is 1140. The van der Waals surface area contributed by atoms with Gasteiger partial charge >= 0.3 is 5.76 Å². The first-order valence-corrected chi connectivity index (χ1v) is 9.51. The van der Waals surface area contributed by atoms with E-state index in [9.17, 15) is 24.1 Å². The summed E-state index contributed by atoms with van der Waals surface area (Å²) in [6, 6.07) is 8.47. The van der Waals surface area contributed by atoms with Gasteiger partial charge in [-0.2, -0.15) is 0 Å². The molecule has 0 fully saturated rings. The average molecular weight is 466 g/mol. The predicted octanol–water partition coefficient (Wildman–Crippen LogP) is 3.84. The Labute approximate surface area is 172 Å². The Kier molecular flexibility index (Phi) is 6.12. The van der Waals surface area contributed by atoms with E-state index in [1.54, 1.807) is 19.2 Å². The number of aromatic nitrogens is 1. The molecule has 0 atom stereocenters. The molecule has 2 aromatic carbocycles. The Morgan fingerprint density at radius 2 is 2.07 bits per heavy atom. The van der Waals surface area contributed by atoms with Crippen LogP contribution in [0.2, 0.25) is 0 Å². The van der Waals surface area contributed by atoms with Crippen LogP contribution in [0.25, 0.3) is 11.1 Å². The summed E-state index contributed by atoms with van der Waals surface area (Å²) in [7, 11) is 1.58. The molecule has 1 heterocycles. The van der Waals surface area contributed by atoms with Crippen molar-refractivity contribution >= 4 is 38.6 Å². The van der Waals surface area contributed by atoms with E-state index in [2.05, 4.69) is 15.9 Å². The van der Waals surface area contributed by atoms with Gasteiger partial charge in [-0.15, -0.1) is 0 Å². The molecule has 0 saturated heterocycles. The lowest BCUT2D eigenvalue weighted by atomic mass is 10.2. The average Bonchev–Trinajstić information content (AvgIpc) is 2.99. The fourth-order valence-corrected chi connectivity index (χ4v) is 3.38. The molecule has 0 aliphatic carbocycles. The second-order valence-electron chi connectivity index (χ2n) is 6.52. The van der Waals surface area contributed by atoms with Crippen molar-refractivity contribution in [1.82, 2.24) is 9.47 Å². The zero-order chi connectivity index (χ0) is 21.1. The molecule has 1 amide bonds. The van der Waals surface area contributed by atoms with Crippen molar-refractivity contribution in [1.29, 1.82) is 0 Å². The first-order chi connectivity index (χ1) is 13.8. The van der Waals surface area contributed by atoms with Crippen LogP contribution in [0, 0.1) is 15.9 Å². The molecule has 0 bridgehead atoms. The van der Waals surface area contributed by atoms with Gasteiger partial charge in [0.15, 0.2) is 5.58 Å². The summed E-state index contributed by atoms with van der Waals surface area (Å²) in [4.78, 5) is 36.1. The minimum atomic E-state index is -0.641. The fourth-order valence-electron chi connectivity index (χ4n) is 2.97. The Balaban J connectivity index is 1.62.